The second-order valence-electron chi connectivity index (χ2n) is 17.4. The van der Waals surface area contributed by atoms with E-state index in [9.17, 15) is 0 Å². The van der Waals surface area contributed by atoms with Gasteiger partial charge in [-0.1, -0.05) is 185 Å². The van der Waals surface area contributed by atoms with Crippen molar-refractivity contribution in [2.24, 2.45) is 0 Å². The van der Waals surface area contributed by atoms with E-state index < -0.39 is 0 Å². The third-order valence-electron chi connectivity index (χ3n) is 13.0. The number of fused-ring (bicyclic) bond motifs is 4. The molecule has 8 aromatic carbocycles. The first-order valence-corrected chi connectivity index (χ1v) is 21.5. The standard InChI is InChI=1S/C57H47BN2/c1-36(2)39-21-25-41(26-22-39)45-29-32-49-51(33-45)59(47-30-19-38(5)20-31-47)52-34-46(42-27-23-40(24-28-42)37(3)4)35-53-55(52)58(49)50-18-12-17-48-54(43-13-8-6-9-14-43)56(60(53)57(48)50)44-15-10-7-11-16-44/h6-37H,1-5H3. The Bertz CT molecular complexity index is 3070. The zero-order valence-electron chi connectivity index (χ0n) is 34.9. The van der Waals surface area contributed by atoms with E-state index in [-0.39, 0.29) is 6.71 Å². The van der Waals surface area contributed by atoms with Gasteiger partial charge in [-0.05, 0) is 110 Å². The summed E-state index contributed by atoms with van der Waals surface area (Å²) in [6.07, 6.45) is 0. The summed E-state index contributed by atoms with van der Waals surface area (Å²) in [5.41, 5.74) is 23.9. The average Bonchev–Trinajstić information content (AvgIpc) is 3.64. The van der Waals surface area contributed by atoms with Gasteiger partial charge in [0, 0.05) is 39.2 Å². The van der Waals surface area contributed by atoms with Crippen LogP contribution in [-0.4, -0.2) is 11.3 Å². The van der Waals surface area contributed by atoms with Gasteiger partial charge in [-0.3, -0.25) is 0 Å². The van der Waals surface area contributed by atoms with Gasteiger partial charge in [0.2, 0.25) is 0 Å². The topological polar surface area (TPSA) is 8.17 Å². The van der Waals surface area contributed by atoms with Crippen molar-refractivity contribution < 1.29 is 0 Å². The summed E-state index contributed by atoms with van der Waals surface area (Å²) in [4.78, 5) is 2.55. The van der Waals surface area contributed by atoms with Crippen molar-refractivity contribution in [3.8, 4) is 50.3 Å². The summed E-state index contributed by atoms with van der Waals surface area (Å²) in [7, 11) is 0. The number of rotatable bonds is 7. The number of hydrogen-bond donors (Lipinski definition) is 0. The summed E-state index contributed by atoms with van der Waals surface area (Å²) < 4.78 is 2.62. The number of aromatic nitrogens is 1. The summed E-state index contributed by atoms with van der Waals surface area (Å²) in [5.74, 6) is 0.946. The van der Waals surface area contributed by atoms with E-state index >= 15 is 0 Å². The smallest absolute Gasteiger partial charge is 0.252 e. The predicted octanol–water partition coefficient (Wildman–Crippen LogP) is 13.5. The van der Waals surface area contributed by atoms with Gasteiger partial charge in [0.25, 0.3) is 6.71 Å². The lowest BCUT2D eigenvalue weighted by atomic mass is 9.33. The van der Waals surface area contributed by atoms with E-state index in [1.54, 1.807) is 0 Å². The highest BCUT2D eigenvalue weighted by Crippen LogP contribution is 2.47. The van der Waals surface area contributed by atoms with E-state index in [2.05, 4.69) is 226 Å². The zero-order chi connectivity index (χ0) is 40.6. The molecule has 60 heavy (non-hydrogen) atoms. The minimum atomic E-state index is 0.0276. The van der Waals surface area contributed by atoms with Gasteiger partial charge in [-0.15, -0.1) is 0 Å². The Hall–Kier alpha value is -6.84. The molecule has 9 aromatic rings. The molecule has 2 aliphatic heterocycles. The molecule has 3 heterocycles. The van der Waals surface area contributed by atoms with Crippen LogP contribution in [0.4, 0.5) is 17.1 Å². The zero-order valence-corrected chi connectivity index (χ0v) is 34.9. The Morgan fingerprint density at radius 1 is 0.433 bits per heavy atom. The first-order chi connectivity index (χ1) is 29.3. The molecule has 0 radical (unpaired) electrons. The van der Waals surface area contributed by atoms with Crippen LogP contribution in [-0.2, 0) is 0 Å². The van der Waals surface area contributed by atoms with E-state index in [4.69, 9.17) is 0 Å². The van der Waals surface area contributed by atoms with Gasteiger partial charge in [0.15, 0.2) is 0 Å². The minimum Gasteiger partial charge on any atom is -0.311 e. The van der Waals surface area contributed by atoms with Crippen LogP contribution in [0.5, 0.6) is 0 Å². The van der Waals surface area contributed by atoms with Crippen molar-refractivity contribution in [3.63, 3.8) is 0 Å². The Balaban J connectivity index is 1.27. The fourth-order valence-electron chi connectivity index (χ4n) is 9.92. The van der Waals surface area contributed by atoms with Crippen LogP contribution in [0.15, 0.2) is 182 Å². The molecule has 0 saturated heterocycles. The monoisotopic (exact) mass is 770 g/mol. The Morgan fingerprint density at radius 2 is 1.00 bits per heavy atom. The number of anilines is 3. The second kappa shape index (κ2) is 14.2. The van der Waals surface area contributed by atoms with Crippen molar-refractivity contribution >= 4 is 51.1 Å². The minimum absolute atomic E-state index is 0.0276. The van der Waals surface area contributed by atoms with E-state index in [1.165, 1.54) is 106 Å². The molecule has 0 spiro atoms. The molecule has 0 amide bonds. The van der Waals surface area contributed by atoms with E-state index in [1.807, 2.05) is 0 Å². The lowest BCUT2D eigenvalue weighted by Gasteiger charge is -2.41. The number of aryl methyl sites for hydroxylation is 1. The molecular weight excluding hydrogens is 723 g/mol. The summed E-state index contributed by atoms with van der Waals surface area (Å²) >= 11 is 0. The molecule has 2 aliphatic rings. The quantitative estimate of drug-likeness (QED) is 0.147. The molecule has 0 bridgehead atoms. The molecule has 11 rings (SSSR count). The van der Waals surface area contributed by atoms with Gasteiger partial charge in [0.1, 0.15) is 0 Å². The fraction of sp³-hybridized carbons (Fsp3) is 0.123. The lowest BCUT2D eigenvalue weighted by molar-refractivity contribution is 0.867. The Labute approximate surface area is 354 Å². The number of para-hydroxylation sites is 1. The van der Waals surface area contributed by atoms with Crippen molar-refractivity contribution in [2.75, 3.05) is 4.90 Å². The van der Waals surface area contributed by atoms with Crippen LogP contribution in [0.3, 0.4) is 0 Å². The van der Waals surface area contributed by atoms with Gasteiger partial charge in [-0.2, -0.15) is 0 Å². The molecule has 0 N–H and O–H groups in total. The largest absolute Gasteiger partial charge is 0.311 e. The lowest BCUT2D eigenvalue weighted by Crippen LogP contribution is -2.60. The normalized spacial score (nSPS) is 12.7. The highest BCUT2D eigenvalue weighted by atomic mass is 15.2. The third-order valence-corrected chi connectivity index (χ3v) is 13.0. The van der Waals surface area contributed by atoms with Crippen LogP contribution >= 0.6 is 0 Å². The molecule has 2 nitrogen and oxygen atoms in total. The first-order valence-electron chi connectivity index (χ1n) is 21.5. The Kier molecular flexibility index (Phi) is 8.56. The van der Waals surface area contributed by atoms with Crippen LogP contribution in [0, 0.1) is 6.92 Å². The number of benzene rings is 8. The Morgan fingerprint density at radius 3 is 1.63 bits per heavy atom. The van der Waals surface area contributed by atoms with Gasteiger partial charge in [-0.25, -0.2) is 0 Å². The van der Waals surface area contributed by atoms with Crippen molar-refractivity contribution in [3.05, 3.63) is 199 Å². The summed E-state index contributed by atoms with van der Waals surface area (Å²) in [6, 6.07) is 68.8. The van der Waals surface area contributed by atoms with E-state index in [0.717, 1.165) is 5.69 Å². The van der Waals surface area contributed by atoms with Crippen LogP contribution in [0.2, 0.25) is 0 Å². The molecule has 3 heteroatoms. The van der Waals surface area contributed by atoms with Crippen molar-refractivity contribution in [1.82, 2.24) is 4.57 Å². The molecule has 1 aromatic heterocycles. The van der Waals surface area contributed by atoms with Gasteiger partial charge < -0.3 is 9.47 Å². The highest BCUT2D eigenvalue weighted by Gasteiger charge is 2.43. The van der Waals surface area contributed by atoms with Gasteiger partial charge in [0.05, 0.1) is 5.69 Å². The predicted molar refractivity (Wildman–Crippen MR) is 257 cm³/mol. The maximum atomic E-state index is 2.62. The van der Waals surface area contributed by atoms with Crippen LogP contribution < -0.4 is 21.3 Å². The molecule has 0 atom stereocenters. The molecule has 0 saturated carbocycles. The van der Waals surface area contributed by atoms with Crippen molar-refractivity contribution in [1.29, 1.82) is 0 Å². The highest BCUT2D eigenvalue weighted by molar-refractivity contribution is 7.00. The van der Waals surface area contributed by atoms with Crippen molar-refractivity contribution in [2.45, 2.75) is 46.5 Å². The molecular formula is C57H47BN2. The summed E-state index contributed by atoms with van der Waals surface area (Å²) in [5, 5.41) is 1.28. The maximum Gasteiger partial charge on any atom is 0.252 e. The molecule has 0 unspecified atom stereocenters. The molecule has 0 aliphatic carbocycles. The third kappa shape index (κ3) is 5.71. The first kappa shape index (κ1) is 36.3. The molecule has 0 fully saturated rings. The van der Waals surface area contributed by atoms with Crippen LogP contribution in [0.1, 0.15) is 56.2 Å². The van der Waals surface area contributed by atoms with Gasteiger partial charge >= 0.3 is 0 Å². The maximum absolute atomic E-state index is 2.62. The number of nitrogens with zero attached hydrogens (tertiary/aromatic N) is 2. The average molecular weight is 771 g/mol. The fourth-order valence-corrected chi connectivity index (χ4v) is 9.92. The van der Waals surface area contributed by atoms with Crippen LogP contribution in [0.25, 0.3) is 61.2 Å². The number of hydrogen-bond acceptors (Lipinski definition) is 1. The second-order valence-corrected chi connectivity index (χ2v) is 17.4. The SMILES string of the molecule is Cc1ccc(N2c3cc(-c4ccc(C(C)C)cc4)ccc3B3c4c2cc(-c2ccc(C(C)C)cc2)cc4-n2c(-c4ccccc4)c(-c4ccccc4)c4cccc3c42)cc1. The summed E-state index contributed by atoms with van der Waals surface area (Å²) in [6.45, 7) is 11.3. The van der Waals surface area contributed by atoms with E-state index in [0.29, 0.717) is 11.8 Å². The molecule has 288 valence electrons.